The van der Waals surface area contributed by atoms with Gasteiger partial charge in [0.05, 0.1) is 5.75 Å². The Morgan fingerprint density at radius 3 is 2.66 bits per heavy atom. The molecule has 0 aliphatic carbocycles. The molecule has 8 nitrogen and oxygen atoms in total. The first kappa shape index (κ1) is 21.8. The highest BCUT2D eigenvalue weighted by atomic mass is 32.2. The van der Waals surface area contributed by atoms with Gasteiger partial charge in [0, 0.05) is 36.6 Å². The Bertz CT molecular complexity index is 1330. The van der Waals surface area contributed by atoms with Crippen molar-refractivity contribution in [3.63, 3.8) is 0 Å². The van der Waals surface area contributed by atoms with Crippen LogP contribution in [0.25, 0.3) is 5.65 Å². The Kier molecular flexibility index (Phi) is 6.36. The van der Waals surface area contributed by atoms with Crippen molar-refractivity contribution in [2.75, 3.05) is 11.1 Å². The molecule has 0 saturated carbocycles. The summed E-state index contributed by atoms with van der Waals surface area (Å²) < 4.78 is 3.35. The number of carbonyl (C=O) groups is 1. The maximum Gasteiger partial charge on any atom is 0.261 e. The van der Waals surface area contributed by atoms with E-state index in [1.54, 1.807) is 18.3 Å². The third-order valence-electron chi connectivity index (χ3n) is 5.27. The quantitative estimate of drug-likeness (QED) is 0.437. The normalized spacial score (nSPS) is 11.1. The summed E-state index contributed by atoms with van der Waals surface area (Å²) in [4.78, 5) is 29.8. The van der Waals surface area contributed by atoms with Crippen molar-refractivity contribution in [2.24, 2.45) is 7.05 Å². The van der Waals surface area contributed by atoms with Gasteiger partial charge in [-0.3, -0.25) is 14.0 Å². The predicted molar refractivity (Wildman–Crippen MR) is 125 cm³/mol. The monoisotopic (exact) mass is 448 g/mol. The molecule has 3 aromatic heterocycles. The number of pyridine rings is 1. The number of aromatic nitrogens is 5. The molecule has 0 atom stereocenters. The largest absolute Gasteiger partial charge is 0.325 e. The van der Waals surface area contributed by atoms with Gasteiger partial charge in [0.2, 0.25) is 5.91 Å². The lowest BCUT2D eigenvalue weighted by atomic mass is 10.1. The molecule has 1 aromatic carbocycles. The van der Waals surface area contributed by atoms with Crippen molar-refractivity contribution in [3.05, 3.63) is 81.7 Å². The summed E-state index contributed by atoms with van der Waals surface area (Å²) >= 11 is 1.30. The van der Waals surface area contributed by atoms with Crippen molar-refractivity contribution in [2.45, 2.75) is 31.8 Å². The minimum Gasteiger partial charge on any atom is -0.325 e. The fourth-order valence-electron chi connectivity index (χ4n) is 3.37. The van der Waals surface area contributed by atoms with Crippen LogP contribution >= 0.6 is 11.8 Å². The number of carbonyl (C=O) groups excluding carboxylic acids is 1. The van der Waals surface area contributed by atoms with Gasteiger partial charge in [0.1, 0.15) is 11.5 Å². The minimum atomic E-state index is -0.114. The van der Waals surface area contributed by atoms with Gasteiger partial charge < -0.3 is 9.88 Å². The molecular weight excluding hydrogens is 424 g/mol. The summed E-state index contributed by atoms with van der Waals surface area (Å²) in [5.41, 5.74) is 3.75. The zero-order chi connectivity index (χ0) is 22.7. The van der Waals surface area contributed by atoms with Gasteiger partial charge in [0.25, 0.3) is 5.56 Å². The predicted octanol–water partition coefficient (Wildman–Crippen LogP) is 3.02. The average molecular weight is 449 g/mol. The topological polar surface area (TPSA) is 94.2 Å². The number of fused-ring (bicyclic) bond motifs is 1. The molecule has 0 unspecified atom stereocenters. The average Bonchev–Trinajstić information content (AvgIpc) is 3.15. The Hall–Kier alpha value is -3.46. The number of anilines is 1. The first-order valence-electron chi connectivity index (χ1n) is 10.3. The van der Waals surface area contributed by atoms with Crippen LogP contribution in [0.3, 0.4) is 0 Å². The molecule has 0 fully saturated rings. The van der Waals surface area contributed by atoms with Crippen LogP contribution in [-0.2, 0) is 24.7 Å². The number of hydrogen-bond acceptors (Lipinski definition) is 6. The van der Waals surface area contributed by atoms with E-state index in [2.05, 4.69) is 27.4 Å². The Labute approximate surface area is 189 Å². The van der Waals surface area contributed by atoms with E-state index in [4.69, 9.17) is 0 Å². The molecule has 1 N–H and O–H groups in total. The standard InChI is InChI=1S/C23H24N6O2S/c1-4-16-8-10-17(11-9-16)25-21(30)14-32-23-27-26-20(28(23)3)13-18-15(2)24-19-7-5-6-12-29(19)22(18)31/h5-12H,4,13-14H2,1-3H3,(H,25,30). The van der Waals surface area contributed by atoms with Crippen LogP contribution in [0.2, 0.25) is 0 Å². The van der Waals surface area contributed by atoms with Gasteiger partial charge in [-0.15, -0.1) is 10.2 Å². The van der Waals surface area contributed by atoms with Crippen LogP contribution in [0.1, 0.15) is 29.6 Å². The van der Waals surface area contributed by atoms with E-state index in [-0.39, 0.29) is 17.2 Å². The summed E-state index contributed by atoms with van der Waals surface area (Å²) in [5, 5.41) is 11.9. The number of rotatable bonds is 7. The minimum absolute atomic E-state index is 0.112. The summed E-state index contributed by atoms with van der Waals surface area (Å²) in [6.07, 6.45) is 2.98. The van der Waals surface area contributed by atoms with Crippen molar-refractivity contribution in [1.82, 2.24) is 24.1 Å². The smallest absolute Gasteiger partial charge is 0.261 e. The van der Waals surface area contributed by atoms with Gasteiger partial charge in [0.15, 0.2) is 5.16 Å². The third-order valence-corrected chi connectivity index (χ3v) is 6.29. The number of nitrogens with one attached hydrogen (secondary N) is 1. The highest BCUT2D eigenvalue weighted by Gasteiger charge is 2.16. The van der Waals surface area contributed by atoms with Crippen LogP contribution in [0.15, 0.2) is 58.6 Å². The fraction of sp³-hybridized carbons (Fsp3) is 0.261. The number of nitrogens with zero attached hydrogens (tertiary/aromatic N) is 5. The summed E-state index contributed by atoms with van der Waals surface area (Å²) in [6, 6.07) is 13.3. The van der Waals surface area contributed by atoms with Gasteiger partial charge in [-0.1, -0.05) is 36.9 Å². The number of benzene rings is 1. The van der Waals surface area contributed by atoms with Crippen molar-refractivity contribution >= 4 is 29.0 Å². The van der Waals surface area contributed by atoms with Gasteiger partial charge in [-0.05, 0) is 43.2 Å². The van der Waals surface area contributed by atoms with Crippen molar-refractivity contribution in [3.8, 4) is 0 Å². The molecule has 9 heteroatoms. The molecule has 32 heavy (non-hydrogen) atoms. The van der Waals surface area contributed by atoms with Crippen LogP contribution < -0.4 is 10.9 Å². The second-order valence-corrected chi connectivity index (χ2v) is 8.37. The van der Waals surface area contributed by atoms with E-state index in [9.17, 15) is 9.59 Å². The lowest BCUT2D eigenvalue weighted by Crippen LogP contribution is -2.22. The zero-order valence-corrected chi connectivity index (χ0v) is 19.0. The highest BCUT2D eigenvalue weighted by Crippen LogP contribution is 2.18. The molecule has 0 radical (unpaired) electrons. The molecule has 3 heterocycles. The van der Waals surface area contributed by atoms with E-state index >= 15 is 0 Å². The summed E-state index contributed by atoms with van der Waals surface area (Å²) in [7, 11) is 1.83. The lowest BCUT2D eigenvalue weighted by Gasteiger charge is -2.08. The van der Waals surface area contributed by atoms with Crippen molar-refractivity contribution < 1.29 is 4.79 Å². The molecule has 4 aromatic rings. The Morgan fingerprint density at radius 1 is 1.12 bits per heavy atom. The zero-order valence-electron chi connectivity index (χ0n) is 18.2. The lowest BCUT2D eigenvalue weighted by molar-refractivity contribution is -0.113. The first-order valence-corrected chi connectivity index (χ1v) is 11.3. The molecule has 0 aliphatic rings. The molecular formula is C23H24N6O2S. The Balaban J connectivity index is 1.44. The number of amides is 1. The van der Waals surface area contributed by atoms with Gasteiger partial charge >= 0.3 is 0 Å². The van der Waals surface area contributed by atoms with Gasteiger partial charge in [-0.25, -0.2) is 4.98 Å². The van der Waals surface area contributed by atoms with E-state index < -0.39 is 0 Å². The van der Waals surface area contributed by atoms with Crippen LogP contribution in [0.5, 0.6) is 0 Å². The van der Waals surface area contributed by atoms with Crippen LogP contribution in [0, 0.1) is 6.92 Å². The second-order valence-electron chi connectivity index (χ2n) is 7.43. The molecule has 1 amide bonds. The van der Waals surface area contributed by atoms with Crippen LogP contribution in [0.4, 0.5) is 5.69 Å². The molecule has 164 valence electrons. The number of thioether (sulfide) groups is 1. The van der Waals surface area contributed by atoms with E-state index in [1.807, 2.05) is 48.9 Å². The molecule has 0 spiro atoms. The summed E-state index contributed by atoms with van der Waals surface area (Å²) in [6.45, 7) is 3.92. The highest BCUT2D eigenvalue weighted by molar-refractivity contribution is 7.99. The van der Waals surface area contributed by atoms with Crippen molar-refractivity contribution in [1.29, 1.82) is 0 Å². The maximum atomic E-state index is 12.9. The van der Waals surface area contributed by atoms with E-state index in [1.165, 1.54) is 21.7 Å². The summed E-state index contributed by atoms with van der Waals surface area (Å²) in [5.74, 6) is 0.735. The molecule has 0 bridgehead atoms. The first-order chi connectivity index (χ1) is 15.5. The van der Waals surface area contributed by atoms with Crippen LogP contribution in [-0.4, -0.2) is 35.8 Å². The molecule has 4 rings (SSSR count). The SMILES string of the molecule is CCc1ccc(NC(=O)CSc2nnc(Cc3c(C)nc4ccccn4c3=O)n2C)cc1. The van der Waals surface area contributed by atoms with E-state index in [0.717, 1.165) is 12.1 Å². The number of aryl methyl sites for hydroxylation is 2. The van der Waals surface area contributed by atoms with Gasteiger partial charge in [-0.2, -0.15) is 0 Å². The maximum absolute atomic E-state index is 12.9. The third kappa shape index (κ3) is 4.57. The fourth-order valence-corrected chi connectivity index (χ4v) is 4.10. The molecule has 0 saturated heterocycles. The Morgan fingerprint density at radius 2 is 1.91 bits per heavy atom. The second kappa shape index (κ2) is 9.35. The van der Waals surface area contributed by atoms with E-state index in [0.29, 0.717) is 34.3 Å². The molecule has 0 aliphatic heterocycles. The number of hydrogen-bond donors (Lipinski definition) is 1.